The predicted molar refractivity (Wildman–Crippen MR) is 123 cm³/mol. The van der Waals surface area contributed by atoms with Crippen LogP contribution < -0.4 is 4.72 Å². The standard InChI is InChI=1S/C22H25FN4O3S2/c1-15-6-7-19(18(23)10-15)25-32(29,30)17-11-20(22-24-16(2)14-31-22)27(12-17)13-21(28)26-8-4-3-5-9-26/h6-7,10-12,14,25H,3-5,8-9,13H2,1-2H3. The van der Waals surface area contributed by atoms with E-state index in [1.54, 1.807) is 17.6 Å². The maximum Gasteiger partial charge on any atom is 0.263 e. The number of nitrogens with one attached hydrogen (secondary N) is 1. The molecule has 1 aliphatic rings. The number of rotatable bonds is 6. The van der Waals surface area contributed by atoms with Gasteiger partial charge in [0, 0.05) is 30.4 Å². The van der Waals surface area contributed by atoms with Crippen LogP contribution >= 0.6 is 11.3 Å². The van der Waals surface area contributed by atoms with Gasteiger partial charge in [-0.2, -0.15) is 0 Å². The van der Waals surface area contributed by atoms with Gasteiger partial charge in [0.05, 0.1) is 11.4 Å². The van der Waals surface area contributed by atoms with Crippen molar-refractivity contribution in [1.82, 2.24) is 14.5 Å². The fourth-order valence-corrected chi connectivity index (χ4v) is 5.64. The highest BCUT2D eigenvalue weighted by molar-refractivity contribution is 7.92. The molecule has 0 aliphatic carbocycles. The van der Waals surface area contributed by atoms with Crippen LogP contribution in [0.3, 0.4) is 0 Å². The monoisotopic (exact) mass is 476 g/mol. The first-order valence-corrected chi connectivity index (χ1v) is 12.8. The Morgan fingerprint density at radius 2 is 1.94 bits per heavy atom. The highest BCUT2D eigenvalue weighted by Gasteiger charge is 2.24. The van der Waals surface area contributed by atoms with Crippen LogP contribution in [-0.2, 0) is 21.4 Å². The van der Waals surface area contributed by atoms with Crippen LogP contribution in [0.15, 0.2) is 40.7 Å². The number of likely N-dealkylation sites (tertiary alicyclic amines) is 1. The van der Waals surface area contributed by atoms with Crippen LogP contribution in [0.1, 0.15) is 30.5 Å². The fourth-order valence-electron chi connectivity index (χ4n) is 3.71. The number of anilines is 1. The third kappa shape index (κ3) is 4.86. The van der Waals surface area contributed by atoms with Crippen molar-refractivity contribution in [3.8, 4) is 10.7 Å². The number of piperidine rings is 1. The molecule has 0 atom stereocenters. The van der Waals surface area contributed by atoms with E-state index in [1.807, 2.05) is 17.2 Å². The van der Waals surface area contributed by atoms with Gasteiger partial charge >= 0.3 is 0 Å². The van der Waals surface area contributed by atoms with Crippen molar-refractivity contribution in [2.45, 2.75) is 44.6 Å². The third-order valence-corrected chi connectivity index (χ3v) is 7.72. The van der Waals surface area contributed by atoms with Crippen molar-refractivity contribution in [3.63, 3.8) is 0 Å². The molecule has 1 N–H and O–H groups in total. The van der Waals surface area contributed by atoms with Crippen LogP contribution in [-0.4, -0.2) is 41.9 Å². The molecule has 7 nitrogen and oxygen atoms in total. The smallest absolute Gasteiger partial charge is 0.263 e. The van der Waals surface area contributed by atoms with E-state index in [1.165, 1.54) is 35.7 Å². The lowest BCUT2D eigenvalue weighted by Gasteiger charge is -2.27. The molecular weight excluding hydrogens is 451 g/mol. The third-order valence-electron chi connectivity index (χ3n) is 5.40. The topological polar surface area (TPSA) is 84.3 Å². The zero-order valence-electron chi connectivity index (χ0n) is 18.0. The Kier molecular flexibility index (Phi) is 6.34. The number of nitrogens with zero attached hydrogens (tertiary/aromatic N) is 3. The lowest BCUT2D eigenvalue weighted by atomic mass is 10.1. The Bertz CT molecular complexity index is 1240. The minimum absolute atomic E-state index is 0.0162. The number of carbonyl (C=O) groups is 1. The van der Waals surface area contributed by atoms with Crippen LogP contribution in [0.4, 0.5) is 10.1 Å². The maximum atomic E-state index is 14.2. The number of benzene rings is 1. The molecule has 32 heavy (non-hydrogen) atoms. The molecule has 0 unspecified atom stereocenters. The van der Waals surface area contributed by atoms with Gasteiger partial charge in [-0.3, -0.25) is 9.52 Å². The highest BCUT2D eigenvalue weighted by atomic mass is 32.2. The molecule has 170 valence electrons. The van der Waals surface area contributed by atoms with Crippen LogP contribution in [0, 0.1) is 19.7 Å². The van der Waals surface area contributed by atoms with Gasteiger partial charge in [-0.1, -0.05) is 6.07 Å². The van der Waals surface area contributed by atoms with Gasteiger partial charge in [-0.05, 0) is 56.9 Å². The normalized spacial score (nSPS) is 14.5. The molecule has 0 spiro atoms. The molecule has 1 amide bonds. The molecule has 10 heteroatoms. The van der Waals surface area contributed by atoms with Gasteiger partial charge in [0.25, 0.3) is 10.0 Å². The Balaban J connectivity index is 1.67. The minimum Gasteiger partial charge on any atom is -0.341 e. The molecular formula is C22H25FN4O3S2. The highest BCUT2D eigenvalue weighted by Crippen LogP contribution is 2.29. The summed E-state index contributed by atoms with van der Waals surface area (Å²) in [5.41, 5.74) is 1.91. The van der Waals surface area contributed by atoms with Gasteiger partial charge in [0.1, 0.15) is 22.3 Å². The van der Waals surface area contributed by atoms with E-state index in [4.69, 9.17) is 0 Å². The van der Waals surface area contributed by atoms with E-state index in [-0.39, 0.29) is 23.0 Å². The predicted octanol–water partition coefficient (Wildman–Crippen LogP) is 4.18. The summed E-state index contributed by atoms with van der Waals surface area (Å²) in [5.74, 6) is -0.708. The number of aryl methyl sites for hydroxylation is 2. The zero-order chi connectivity index (χ0) is 22.9. The molecule has 1 saturated heterocycles. The van der Waals surface area contributed by atoms with Gasteiger partial charge in [-0.25, -0.2) is 17.8 Å². The first kappa shape index (κ1) is 22.5. The molecule has 1 aromatic carbocycles. The molecule has 1 aliphatic heterocycles. The number of amides is 1. The Hall–Kier alpha value is -2.72. The second-order valence-electron chi connectivity index (χ2n) is 8.01. The average Bonchev–Trinajstić information content (AvgIpc) is 3.37. The number of carbonyl (C=O) groups excluding carboxylic acids is 1. The molecule has 0 saturated carbocycles. The number of thiazole rings is 1. The second kappa shape index (κ2) is 9.03. The van der Waals surface area contributed by atoms with Crippen LogP contribution in [0.2, 0.25) is 0 Å². The number of hydrogen-bond donors (Lipinski definition) is 1. The summed E-state index contributed by atoms with van der Waals surface area (Å²) in [5, 5.41) is 2.49. The molecule has 3 heterocycles. The molecule has 2 aromatic heterocycles. The van der Waals surface area contributed by atoms with Gasteiger partial charge < -0.3 is 9.47 Å². The first-order valence-electron chi connectivity index (χ1n) is 10.4. The number of aromatic nitrogens is 2. The Labute approximate surface area is 191 Å². The van der Waals surface area contributed by atoms with E-state index < -0.39 is 15.8 Å². The van der Waals surface area contributed by atoms with Crippen molar-refractivity contribution < 1.29 is 17.6 Å². The summed E-state index contributed by atoms with van der Waals surface area (Å²) in [6, 6.07) is 5.78. The summed E-state index contributed by atoms with van der Waals surface area (Å²) in [6.45, 7) is 5.02. The summed E-state index contributed by atoms with van der Waals surface area (Å²) in [6.07, 6.45) is 4.48. The second-order valence-corrected chi connectivity index (χ2v) is 10.6. The quantitative estimate of drug-likeness (QED) is 0.578. The first-order chi connectivity index (χ1) is 15.2. The van der Waals surface area contributed by atoms with Crippen LogP contribution in [0.25, 0.3) is 10.7 Å². The van der Waals surface area contributed by atoms with Crippen molar-refractivity contribution >= 4 is 33.0 Å². The van der Waals surface area contributed by atoms with E-state index in [9.17, 15) is 17.6 Å². The molecule has 4 rings (SSSR count). The van der Waals surface area contributed by atoms with Gasteiger partial charge in [-0.15, -0.1) is 11.3 Å². The SMILES string of the molecule is Cc1ccc(NS(=O)(=O)c2cc(-c3nc(C)cs3)n(CC(=O)N3CCCCC3)c2)c(F)c1. The van der Waals surface area contributed by atoms with E-state index in [0.29, 0.717) is 29.4 Å². The maximum absolute atomic E-state index is 14.2. The van der Waals surface area contributed by atoms with E-state index in [2.05, 4.69) is 9.71 Å². The lowest BCUT2D eigenvalue weighted by Crippen LogP contribution is -2.37. The van der Waals surface area contributed by atoms with Crippen LogP contribution in [0.5, 0.6) is 0 Å². The Morgan fingerprint density at radius 1 is 1.19 bits per heavy atom. The van der Waals surface area contributed by atoms with Crippen molar-refractivity contribution in [1.29, 1.82) is 0 Å². The number of hydrogen-bond acceptors (Lipinski definition) is 5. The summed E-state index contributed by atoms with van der Waals surface area (Å²) in [4.78, 5) is 19.1. The molecule has 0 radical (unpaired) electrons. The molecule has 0 bridgehead atoms. The zero-order valence-corrected chi connectivity index (χ0v) is 19.6. The molecule has 1 fully saturated rings. The van der Waals surface area contributed by atoms with Crippen molar-refractivity contribution in [2.24, 2.45) is 0 Å². The molecule has 3 aromatic rings. The summed E-state index contributed by atoms with van der Waals surface area (Å²) >= 11 is 1.38. The largest absolute Gasteiger partial charge is 0.341 e. The summed E-state index contributed by atoms with van der Waals surface area (Å²) in [7, 11) is -4.07. The fraction of sp³-hybridized carbons (Fsp3) is 0.364. The lowest BCUT2D eigenvalue weighted by molar-refractivity contribution is -0.132. The van der Waals surface area contributed by atoms with Gasteiger partial charge in [0.15, 0.2) is 0 Å². The van der Waals surface area contributed by atoms with Crippen molar-refractivity contribution in [3.05, 3.63) is 52.9 Å². The summed E-state index contributed by atoms with van der Waals surface area (Å²) < 4.78 is 44.2. The number of sulfonamides is 1. The van der Waals surface area contributed by atoms with Crippen molar-refractivity contribution in [2.75, 3.05) is 17.8 Å². The number of halogens is 1. The van der Waals surface area contributed by atoms with Gasteiger partial charge in [0.2, 0.25) is 5.91 Å². The van der Waals surface area contributed by atoms with E-state index in [0.717, 1.165) is 25.0 Å². The van der Waals surface area contributed by atoms with E-state index >= 15 is 0 Å². The minimum atomic E-state index is -4.07. The Morgan fingerprint density at radius 3 is 2.59 bits per heavy atom. The average molecular weight is 477 g/mol.